The van der Waals surface area contributed by atoms with Crippen LogP contribution in [0.5, 0.6) is 5.75 Å². The third-order valence-corrected chi connectivity index (χ3v) is 3.25. The number of benzene rings is 1. The van der Waals surface area contributed by atoms with Gasteiger partial charge in [0.2, 0.25) is 0 Å². The predicted octanol–water partition coefficient (Wildman–Crippen LogP) is 2.77. The maximum absolute atomic E-state index is 5.18. The smallest absolute Gasteiger partial charge is 0.119 e. The summed E-state index contributed by atoms with van der Waals surface area (Å²) in [5.41, 5.74) is 1.22. The first kappa shape index (κ1) is 14.8. The normalized spacial score (nSPS) is 12.6. The molecule has 1 rings (SSSR count). The monoisotopic (exact) mass is 250 g/mol. The summed E-state index contributed by atoms with van der Waals surface area (Å²) in [7, 11) is 3.83. The fourth-order valence-electron chi connectivity index (χ4n) is 2.01. The van der Waals surface area contributed by atoms with Crippen molar-refractivity contribution < 1.29 is 4.74 Å². The van der Waals surface area contributed by atoms with Crippen LogP contribution in [0.2, 0.25) is 0 Å². The summed E-state index contributed by atoms with van der Waals surface area (Å²) in [6, 6.07) is 8.72. The standard InChI is InChI=1S/C15H26N2O/c1-6-16-15(12(2)3)11-17(4)13-7-9-14(18-5)10-8-13/h7-10,12,15-16H,6,11H2,1-5H3. The van der Waals surface area contributed by atoms with Crippen LogP contribution in [-0.2, 0) is 0 Å². The number of nitrogens with one attached hydrogen (secondary N) is 1. The van der Waals surface area contributed by atoms with Crippen LogP contribution in [0.4, 0.5) is 5.69 Å². The van der Waals surface area contributed by atoms with E-state index in [0.29, 0.717) is 12.0 Å². The first-order chi connectivity index (χ1) is 8.58. The molecule has 1 aromatic rings. The van der Waals surface area contributed by atoms with Gasteiger partial charge in [0.25, 0.3) is 0 Å². The lowest BCUT2D eigenvalue weighted by Gasteiger charge is -2.29. The number of rotatable bonds is 7. The Morgan fingerprint density at radius 1 is 1.22 bits per heavy atom. The minimum absolute atomic E-state index is 0.516. The Hall–Kier alpha value is -1.22. The van der Waals surface area contributed by atoms with Crippen molar-refractivity contribution in [1.82, 2.24) is 5.32 Å². The first-order valence-corrected chi connectivity index (χ1v) is 6.67. The van der Waals surface area contributed by atoms with E-state index in [2.05, 4.69) is 50.2 Å². The molecular formula is C15H26N2O. The molecule has 1 N–H and O–H groups in total. The molecule has 1 unspecified atom stereocenters. The lowest BCUT2D eigenvalue weighted by atomic mass is 10.0. The zero-order valence-electron chi connectivity index (χ0n) is 12.2. The largest absolute Gasteiger partial charge is 0.497 e. The van der Waals surface area contributed by atoms with Gasteiger partial charge in [-0.05, 0) is 36.7 Å². The molecule has 0 saturated heterocycles. The summed E-state index contributed by atoms with van der Waals surface area (Å²) < 4.78 is 5.18. The Bertz CT molecular complexity index is 335. The Morgan fingerprint density at radius 3 is 2.28 bits per heavy atom. The molecule has 0 aliphatic carbocycles. The van der Waals surface area contributed by atoms with Gasteiger partial charge < -0.3 is 15.0 Å². The van der Waals surface area contributed by atoms with Gasteiger partial charge >= 0.3 is 0 Å². The highest BCUT2D eigenvalue weighted by molar-refractivity contribution is 5.48. The second kappa shape index (κ2) is 7.27. The molecule has 102 valence electrons. The van der Waals surface area contributed by atoms with Gasteiger partial charge in [0.05, 0.1) is 7.11 Å². The number of anilines is 1. The van der Waals surface area contributed by atoms with E-state index in [1.807, 2.05) is 12.1 Å². The zero-order valence-corrected chi connectivity index (χ0v) is 12.2. The highest BCUT2D eigenvalue weighted by Gasteiger charge is 2.14. The maximum atomic E-state index is 5.18. The quantitative estimate of drug-likeness (QED) is 0.805. The minimum atomic E-state index is 0.516. The summed E-state index contributed by atoms with van der Waals surface area (Å²) in [6.07, 6.45) is 0. The number of nitrogens with zero attached hydrogens (tertiary/aromatic N) is 1. The molecule has 3 nitrogen and oxygen atoms in total. The Balaban J connectivity index is 2.64. The van der Waals surface area contributed by atoms with E-state index < -0.39 is 0 Å². The maximum Gasteiger partial charge on any atom is 0.119 e. The number of methoxy groups -OCH3 is 1. The van der Waals surface area contributed by atoms with Crippen LogP contribution in [0, 0.1) is 5.92 Å². The predicted molar refractivity (Wildman–Crippen MR) is 78.6 cm³/mol. The summed E-state index contributed by atoms with van der Waals surface area (Å²) >= 11 is 0. The minimum Gasteiger partial charge on any atom is -0.497 e. The van der Waals surface area contributed by atoms with Crippen molar-refractivity contribution in [1.29, 1.82) is 0 Å². The fraction of sp³-hybridized carbons (Fsp3) is 0.600. The molecule has 18 heavy (non-hydrogen) atoms. The molecule has 0 bridgehead atoms. The number of ether oxygens (including phenoxy) is 1. The lowest BCUT2D eigenvalue weighted by Crippen LogP contribution is -2.43. The van der Waals surface area contributed by atoms with E-state index in [1.54, 1.807) is 7.11 Å². The SMILES string of the molecule is CCNC(CN(C)c1ccc(OC)cc1)C(C)C. The van der Waals surface area contributed by atoms with Crippen molar-refractivity contribution >= 4 is 5.69 Å². The average molecular weight is 250 g/mol. The molecule has 0 heterocycles. The van der Waals surface area contributed by atoms with E-state index in [1.165, 1.54) is 5.69 Å². The third-order valence-electron chi connectivity index (χ3n) is 3.25. The van der Waals surface area contributed by atoms with Gasteiger partial charge in [0, 0.05) is 25.3 Å². The number of likely N-dealkylation sites (N-methyl/N-ethyl adjacent to an activating group) is 2. The van der Waals surface area contributed by atoms with Crippen LogP contribution in [0.25, 0.3) is 0 Å². The van der Waals surface area contributed by atoms with Crippen molar-refractivity contribution in [2.75, 3.05) is 32.1 Å². The first-order valence-electron chi connectivity index (χ1n) is 6.67. The molecule has 0 aliphatic rings. The van der Waals surface area contributed by atoms with Crippen LogP contribution in [0.15, 0.2) is 24.3 Å². The van der Waals surface area contributed by atoms with Crippen LogP contribution in [-0.4, -0.2) is 33.3 Å². The van der Waals surface area contributed by atoms with Crippen molar-refractivity contribution in [2.45, 2.75) is 26.8 Å². The highest BCUT2D eigenvalue weighted by atomic mass is 16.5. The highest BCUT2D eigenvalue weighted by Crippen LogP contribution is 2.19. The molecule has 0 aliphatic heterocycles. The van der Waals surface area contributed by atoms with E-state index >= 15 is 0 Å². The van der Waals surface area contributed by atoms with E-state index in [-0.39, 0.29) is 0 Å². The van der Waals surface area contributed by atoms with Crippen LogP contribution in [0.3, 0.4) is 0 Å². The third kappa shape index (κ3) is 4.22. The van der Waals surface area contributed by atoms with Crippen LogP contribution in [0.1, 0.15) is 20.8 Å². The van der Waals surface area contributed by atoms with Crippen molar-refractivity contribution in [2.24, 2.45) is 5.92 Å². The molecule has 0 aromatic heterocycles. The fourth-order valence-corrected chi connectivity index (χ4v) is 2.01. The van der Waals surface area contributed by atoms with Gasteiger partial charge in [-0.15, -0.1) is 0 Å². The van der Waals surface area contributed by atoms with Gasteiger partial charge in [-0.25, -0.2) is 0 Å². The second-order valence-corrected chi connectivity index (χ2v) is 4.99. The topological polar surface area (TPSA) is 24.5 Å². The number of hydrogen-bond donors (Lipinski definition) is 1. The van der Waals surface area contributed by atoms with Crippen molar-refractivity contribution in [3.05, 3.63) is 24.3 Å². The van der Waals surface area contributed by atoms with Gasteiger partial charge in [0.15, 0.2) is 0 Å². The molecule has 1 atom stereocenters. The Labute approximate surface area is 111 Å². The Kier molecular flexibility index (Phi) is 5.99. The van der Waals surface area contributed by atoms with Crippen LogP contribution >= 0.6 is 0 Å². The average Bonchev–Trinajstić information content (AvgIpc) is 2.38. The molecule has 0 fully saturated rings. The van der Waals surface area contributed by atoms with Gasteiger partial charge in [-0.1, -0.05) is 20.8 Å². The lowest BCUT2D eigenvalue weighted by molar-refractivity contribution is 0.409. The summed E-state index contributed by atoms with van der Waals surface area (Å²) in [5.74, 6) is 1.53. The molecular weight excluding hydrogens is 224 g/mol. The van der Waals surface area contributed by atoms with Crippen molar-refractivity contribution in [3.63, 3.8) is 0 Å². The molecule has 0 spiro atoms. The zero-order chi connectivity index (χ0) is 13.5. The van der Waals surface area contributed by atoms with Gasteiger partial charge in [-0.3, -0.25) is 0 Å². The molecule has 0 amide bonds. The summed E-state index contributed by atoms with van der Waals surface area (Å²) in [4.78, 5) is 2.28. The molecule has 1 aromatic carbocycles. The van der Waals surface area contributed by atoms with Gasteiger partial charge in [-0.2, -0.15) is 0 Å². The molecule has 0 saturated carbocycles. The molecule has 0 radical (unpaired) electrons. The van der Waals surface area contributed by atoms with E-state index in [0.717, 1.165) is 18.8 Å². The van der Waals surface area contributed by atoms with Crippen molar-refractivity contribution in [3.8, 4) is 5.75 Å². The Morgan fingerprint density at radius 2 is 1.83 bits per heavy atom. The van der Waals surface area contributed by atoms with Crippen LogP contribution < -0.4 is 15.0 Å². The van der Waals surface area contributed by atoms with E-state index in [4.69, 9.17) is 4.74 Å². The second-order valence-electron chi connectivity index (χ2n) is 4.99. The summed E-state index contributed by atoms with van der Waals surface area (Å²) in [5, 5.41) is 3.54. The number of hydrogen-bond acceptors (Lipinski definition) is 3. The van der Waals surface area contributed by atoms with Gasteiger partial charge in [0.1, 0.15) is 5.75 Å². The summed E-state index contributed by atoms with van der Waals surface area (Å²) in [6.45, 7) is 8.70. The molecule has 3 heteroatoms. The van der Waals surface area contributed by atoms with E-state index in [9.17, 15) is 0 Å².